The summed E-state index contributed by atoms with van der Waals surface area (Å²) in [6.45, 7) is 3.74. The maximum Gasteiger partial charge on any atom is 0.123 e. The zero-order chi connectivity index (χ0) is 10.7. The summed E-state index contributed by atoms with van der Waals surface area (Å²) < 4.78 is 12.9. The van der Waals surface area contributed by atoms with E-state index in [1.807, 2.05) is 6.07 Å². The molecule has 1 aliphatic heterocycles. The van der Waals surface area contributed by atoms with Crippen molar-refractivity contribution < 1.29 is 4.39 Å². The summed E-state index contributed by atoms with van der Waals surface area (Å²) in [5.41, 5.74) is 6.68. The minimum atomic E-state index is -0.151. The van der Waals surface area contributed by atoms with Crippen LogP contribution in [0.5, 0.6) is 0 Å². The van der Waals surface area contributed by atoms with Crippen molar-refractivity contribution in [2.45, 2.75) is 13.0 Å². The molecule has 1 atom stereocenters. The summed E-state index contributed by atoms with van der Waals surface area (Å²) >= 11 is 0. The van der Waals surface area contributed by atoms with Crippen LogP contribution in [0.2, 0.25) is 0 Å². The summed E-state index contributed by atoms with van der Waals surface area (Å²) in [5, 5.41) is 0. The van der Waals surface area contributed by atoms with Crippen LogP contribution in [0.3, 0.4) is 0 Å². The molecule has 1 aromatic carbocycles. The first-order valence-corrected chi connectivity index (χ1v) is 5.45. The van der Waals surface area contributed by atoms with E-state index in [2.05, 4.69) is 4.90 Å². The lowest BCUT2D eigenvalue weighted by Gasteiger charge is -2.15. The van der Waals surface area contributed by atoms with Crippen LogP contribution in [0, 0.1) is 11.7 Å². The topological polar surface area (TPSA) is 29.3 Å². The van der Waals surface area contributed by atoms with Crippen LogP contribution < -0.4 is 5.73 Å². The molecular formula is C12H18ClFN2. The van der Waals surface area contributed by atoms with E-state index >= 15 is 0 Å². The first-order chi connectivity index (χ1) is 7.28. The van der Waals surface area contributed by atoms with Gasteiger partial charge in [-0.15, -0.1) is 12.4 Å². The summed E-state index contributed by atoms with van der Waals surface area (Å²) in [7, 11) is 0. The Morgan fingerprint density at radius 1 is 1.44 bits per heavy atom. The fraction of sp³-hybridized carbons (Fsp3) is 0.500. The molecule has 0 aromatic heterocycles. The number of rotatable bonds is 3. The van der Waals surface area contributed by atoms with Crippen LogP contribution in [-0.4, -0.2) is 24.5 Å². The van der Waals surface area contributed by atoms with Crippen molar-refractivity contribution in [3.05, 3.63) is 35.6 Å². The van der Waals surface area contributed by atoms with E-state index in [1.165, 1.54) is 12.5 Å². The Morgan fingerprint density at radius 3 is 2.88 bits per heavy atom. The third-order valence-corrected chi connectivity index (χ3v) is 3.00. The SMILES string of the molecule is Cl.NCC1CCN(Cc2cccc(F)c2)C1. The molecule has 0 amide bonds. The molecule has 0 saturated carbocycles. The molecule has 2 N–H and O–H groups in total. The van der Waals surface area contributed by atoms with Crippen LogP contribution in [0.25, 0.3) is 0 Å². The van der Waals surface area contributed by atoms with Crippen molar-refractivity contribution in [2.75, 3.05) is 19.6 Å². The van der Waals surface area contributed by atoms with E-state index in [0.717, 1.165) is 31.7 Å². The maximum absolute atomic E-state index is 12.9. The van der Waals surface area contributed by atoms with Crippen molar-refractivity contribution in [2.24, 2.45) is 11.7 Å². The predicted octanol–water partition coefficient (Wildman–Crippen LogP) is 2.03. The average molecular weight is 245 g/mol. The van der Waals surface area contributed by atoms with Gasteiger partial charge in [0.15, 0.2) is 0 Å². The van der Waals surface area contributed by atoms with E-state index < -0.39 is 0 Å². The Labute approximate surface area is 102 Å². The minimum Gasteiger partial charge on any atom is -0.330 e. The molecule has 90 valence electrons. The zero-order valence-corrected chi connectivity index (χ0v) is 10.0. The van der Waals surface area contributed by atoms with Crippen molar-refractivity contribution in [1.29, 1.82) is 0 Å². The lowest BCUT2D eigenvalue weighted by molar-refractivity contribution is 0.317. The van der Waals surface area contributed by atoms with Crippen molar-refractivity contribution in [1.82, 2.24) is 4.90 Å². The molecule has 1 aliphatic rings. The number of benzene rings is 1. The van der Waals surface area contributed by atoms with Gasteiger partial charge >= 0.3 is 0 Å². The Bertz CT molecular complexity index is 333. The van der Waals surface area contributed by atoms with Crippen molar-refractivity contribution in [3.8, 4) is 0 Å². The Kier molecular flexibility index (Phi) is 5.19. The van der Waals surface area contributed by atoms with Gasteiger partial charge in [0.1, 0.15) is 5.82 Å². The Balaban J connectivity index is 0.00000128. The molecule has 0 bridgehead atoms. The molecule has 1 heterocycles. The standard InChI is InChI=1S/C12H17FN2.ClH/c13-12-3-1-2-10(6-12)8-15-5-4-11(7-14)9-15;/h1-3,6,11H,4-5,7-9,14H2;1H. The summed E-state index contributed by atoms with van der Waals surface area (Å²) in [6, 6.07) is 6.83. The number of nitrogens with zero attached hydrogens (tertiary/aromatic N) is 1. The van der Waals surface area contributed by atoms with Gasteiger partial charge in [-0.25, -0.2) is 4.39 Å². The molecule has 1 aromatic rings. The molecule has 2 rings (SSSR count). The summed E-state index contributed by atoms with van der Waals surface area (Å²) in [6.07, 6.45) is 1.17. The fourth-order valence-corrected chi connectivity index (χ4v) is 2.14. The van der Waals surface area contributed by atoms with Crippen LogP contribution in [0.4, 0.5) is 4.39 Å². The average Bonchev–Trinajstić information content (AvgIpc) is 2.65. The highest BCUT2D eigenvalue weighted by Gasteiger charge is 2.20. The molecule has 16 heavy (non-hydrogen) atoms. The van der Waals surface area contributed by atoms with Gasteiger partial charge in [0, 0.05) is 13.1 Å². The molecule has 1 saturated heterocycles. The lowest BCUT2D eigenvalue weighted by Crippen LogP contribution is -2.22. The second kappa shape index (κ2) is 6.18. The largest absolute Gasteiger partial charge is 0.330 e. The van der Waals surface area contributed by atoms with E-state index in [9.17, 15) is 4.39 Å². The molecule has 1 fully saturated rings. The number of halogens is 2. The van der Waals surface area contributed by atoms with E-state index in [-0.39, 0.29) is 18.2 Å². The highest BCUT2D eigenvalue weighted by atomic mass is 35.5. The van der Waals surface area contributed by atoms with Gasteiger partial charge in [0.25, 0.3) is 0 Å². The molecule has 0 radical (unpaired) electrons. The fourth-order valence-electron chi connectivity index (χ4n) is 2.14. The van der Waals surface area contributed by atoms with Crippen molar-refractivity contribution in [3.63, 3.8) is 0 Å². The monoisotopic (exact) mass is 244 g/mol. The van der Waals surface area contributed by atoms with Crippen LogP contribution >= 0.6 is 12.4 Å². The Morgan fingerprint density at radius 2 is 2.25 bits per heavy atom. The number of nitrogens with two attached hydrogens (primary N) is 1. The van der Waals surface area contributed by atoms with Gasteiger partial charge in [0.05, 0.1) is 0 Å². The van der Waals surface area contributed by atoms with Gasteiger partial charge in [-0.3, -0.25) is 4.90 Å². The highest BCUT2D eigenvalue weighted by Crippen LogP contribution is 2.17. The van der Waals surface area contributed by atoms with Crippen LogP contribution in [-0.2, 0) is 6.54 Å². The third kappa shape index (κ3) is 3.44. The normalized spacial score (nSPS) is 20.8. The number of hydrogen-bond donors (Lipinski definition) is 1. The molecule has 0 aliphatic carbocycles. The molecule has 0 spiro atoms. The van der Waals surface area contributed by atoms with Gasteiger partial charge in [-0.2, -0.15) is 0 Å². The molecule has 4 heteroatoms. The van der Waals surface area contributed by atoms with E-state index in [4.69, 9.17) is 5.73 Å². The molecular weight excluding hydrogens is 227 g/mol. The molecule has 1 unspecified atom stereocenters. The van der Waals surface area contributed by atoms with Gasteiger partial charge in [-0.05, 0) is 43.1 Å². The highest BCUT2D eigenvalue weighted by molar-refractivity contribution is 5.85. The zero-order valence-electron chi connectivity index (χ0n) is 9.23. The smallest absolute Gasteiger partial charge is 0.123 e. The molecule has 2 nitrogen and oxygen atoms in total. The van der Waals surface area contributed by atoms with Crippen molar-refractivity contribution >= 4 is 12.4 Å². The Hall–Kier alpha value is -0.640. The van der Waals surface area contributed by atoms with Crippen LogP contribution in [0.15, 0.2) is 24.3 Å². The number of likely N-dealkylation sites (tertiary alicyclic amines) is 1. The second-order valence-corrected chi connectivity index (χ2v) is 4.26. The predicted molar refractivity (Wildman–Crippen MR) is 66.1 cm³/mol. The van der Waals surface area contributed by atoms with Gasteiger partial charge in [0.2, 0.25) is 0 Å². The first-order valence-electron chi connectivity index (χ1n) is 5.45. The summed E-state index contributed by atoms with van der Waals surface area (Å²) in [4.78, 5) is 2.34. The summed E-state index contributed by atoms with van der Waals surface area (Å²) in [5.74, 6) is 0.473. The van der Waals surface area contributed by atoms with Gasteiger partial charge in [-0.1, -0.05) is 12.1 Å². The lowest BCUT2D eigenvalue weighted by atomic mass is 10.1. The number of hydrogen-bond acceptors (Lipinski definition) is 2. The third-order valence-electron chi connectivity index (χ3n) is 3.00. The van der Waals surface area contributed by atoms with Crippen LogP contribution in [0.1, 0.15) is 12.0 Å². The second-order valence-electron chi connectivity index (χ2n) is 4.26. The van der Waals surface area contributed by atoms with E-state index in [1.54, 1.807) is 12.1 Å². The minimum absolute atomic E-state index is 0. The maximum atomic E-state index is 12.9. The van der Waals surface area contributed by atoms with Gasteiger partial charge < -0.3 is 5.73 Å². The van der Waals surface area contributed by atoms with E-state index in [0.29, 0.717) is 5.92 Å². The quantitative estimate of drug-likeness (QED) is 0.882. The first kappa shape index (κ1) is 13.4.